The van der Waals surface area contributed by atoms with E-state index in [9.17, 15) is 4.79 Å². The van der Waals surface area contributed by atoms with E-state index in [-0.39, 0.29) is 23.1 Å². The Kier molecular flexibility index (Phi) is 4.28. The van der Waals surface area contributed by atoms with Gasteiger partial charge in [-0.1, -0.05) is 25.1 Å². The molecule has 4 nitrogen and oxygen atoms in total. The molecule has 1 spiro atoms. The summed E-state index contributed by atoms with van der Waals surface area (Å²) in [5, 5.41) is 1.18. The van der Waals surface area contributed by atoms with E-state index in [0.29, 0.717) is 18.3 Å². The molecule has 3 fully saturated rings. The predicted octanol–water partition coefficient (Wildman–Crippen LogP) is 6.90. The number of esters is 1. The van der Waals surface area contributed by atoms with Crippen LogP contribution >= 0.6 is 11.3 Å². The van der Waals surface area contributed by atoms with Crippen LogP contribution in [0.4, 0.5) is 0 Å². The summed E-state index contributed by atoms with van der Waals surface area (Å²) in [6, 6.07) is 12.9. The van der Waals surface area contributed by atoms with Crippen molar-refractivity contribution in [2.45, 2.75) is 82.3 Å². The van der Waals surface area contributed by atoms with Crippen LogP contribution in [-0.4, -0.2) is 16.6 Å². The van der Waals surface area contributed by atoms with Crippen LogP contribution in [0.25, 0.3) is 10.2 Å². The number of epoxide rings is 1. The van der Waals surface area contributed by atoms with Crippen LogP contribution in [-0.2, 0) is 22.4 Å². The van der Waals surface area contributed by atoms with Gasteiger partial charge in [-0.3, -0.25) is 4.79 Å². The van der Waals surface area contributed by atoms with Crippen molar-refractivity contribution < 1.29 is 14.3 Å². The lowest BCUT2D eigenvalue weighted by Gasteiger charge is -2.50. The van der Waals surface area contributed by atoms with Crippen LogP contribution in [0.15, 0.2) is 36.4 Å². The van der Waals surface area contributed by atoms with E-state index >= 15 is 0 Å². The lowest BCUT2D eigenvalue weighted by molar-refractivity contribution is -0.134. The third-order valence-corrected chi connectivity index (χ3v) is 11.5. The fraction of sp³-hybridized carbons (Fsp3) is 0.533. The Hall–Kier alpha value is -2.24. The molecule has 0 amide bonds. The number of rotatable bonds is 1. The number of aromatic nitrogens is 1. The smallest absolute Gasteiger partial charge is 0.311 e. The van der Waals surface area contributed by atoms with Gasteiger partial charge in [-0.05, 0) is 104 Å². The van der Waals surface area contributed by atoms with Crippen molar-refractivity contribution in [3.8, 4) is 5.75 Å². The Morgan fingerprint density at radius 1 is 1.00 bits per heavy atom. The number of fused-ring (bicyclic) bond motifs is 9. The molecule has 3 aromatic rings. The minimum Gasteiger partial charge on any atom is -0.426 e. The second kappa shape index (κ2) is 7.17. The highest BCUT2D eigenvalue weighted by Crippen LogP contribution is 2.75. The van der Waals surface area contributed by atoms with Gasteiger partial charge in [-0.25, -0.2) is 4.98 Å². The Labute approximate surface area is 210 Å². The molecule has 5 aliphatic rings. The van der Waals surface area contributed by atoms with Crippen molar-refractivity contribution in [3.05, 3.63) is 58.1 Å². The zero-order chi connectivity index (χ0) is 23.4. The summed E-state index contributed by atoms with van der Waals surface area (Å²) >= 11 is 1.82. The average molecular weight is 486 g/mol. The first-order valence-corrected chi connectivity index (χ1v) is 14.3. The van der Waals surface area contributed by atoms with Gasteiger partial charge in [0.25, 0.3) is 0 Å². The van der Waals surface area contributed by atoms with E-state index in [1.807, 2.05) is 11.3 Å². The predicted molar refractivity (Wildman–Crippen MR) is 136 cm³/mol. The molecule has 35 heavy (non-hydrogen) atoms. The highest BCUT2D eigenvalue weighted by atomic mass is 32.1. The van der Waals surface area contributed by atoms with Crippen LogP contribution in [0.2, 0.25) is 0 Å². The van der Waals surface area contributed by atoms with Gasteiger partial charge >= 0.3 is 5.97 Å². The molecule has 2 saturated carbocycles. The molecule has 0 radical (unpaired) electrons. The Balaban J connectivity index is 1.11. The molecule has 6 atom stereocenters. The Bertz CT molecular complexity index is 1350. The molecule has 1 saturated heterocycles. The number of benzene rings is 2. The van der Waals surface area contributed by atoms with Crippen LogP contribution in [0.5, 0.6) is 5.75 Å². The van der Waals surface area contributed by atoms with E-state index in [1.54, 1.807) is 5.56 Å². The molecule has 3 aliphatic carbocycles. The molecule has 8 rings (SSSR count). The summed E-state index contributed by atoms with van der Waals surface area (Å²) in [5.41, 5.74) is 5.71. The second-order valence-corrected chi connectivity index (χ2v) is 12.8. The number of ether oxygens (including phenoxy) is 2. The average Bonchev–Trinajstić information content (AvgIpc) is 3.40. The van der Waals surface area contributed by atoms with Gasteiger partial charge in [-0.2, -0.15) is 0 Å². The van der Waals surface area contributed by atoms with Crippen molar-refractivity contribution in [1.29, 1.82) is 0 Å². The molecule has 2 aliphatic heterocycles. The van der Waals surface area contributed by atoms with Crippen LogP contribution in [0, 0.1) is 17.3 Å². The van der Waals surface area contributed by atoms with Gasteiger partial charge in [-0.15, -0.1) is 11.3 Å². The molecule has 0 bridgehead atoms. The highest BCUT2D eigenvalue weighted by molar-refractivity contribution is 7.18. The summed E-state index contributed by atoms with van der Waals surface area (Å²) in [5.74, 6) is 2.83. The molecule has 5 heteroatoms. The van der Waals surface area contributed by atoms with Crippen LogP contribution < -0.4 is 4.74 Å². The van der Waals surface area contributed by atoms with Crippen molar-refractivity contribution in [3.63, 3.8) is 0 Å². The van der Waals surface area contributed by atoms with Crippen LogP contribution in [0.1, 0.15) is 85.6 Å². The van der Waals surface area contributed by atoms with E-state index in [2.05, 4.69) is 43.3 Å². The van der Waals surface area contributed by atoms with Gasteiger partial charge in [0.2, 0.25) is 0 Å². The number of thiazole rings is 1. The summed E-state index contributed by atoms with van der Waals surface area (Å²) in [4.78, 5) is 17.0. The maximum Gasteiger partial charge on any atom is 0.311 e. The normalized spacial score (nSPS) is 37.2. The Morgan fingerprint density at radius 2 is 1.91 bits per heavy atom. The second-order valence-electron chi connectivity index (χ2n) is 11.8. The molecular weight excluding hydrogens is 454 g/mol. The van der Waals surface area contributed by atoms with E-state index in [1.165, 1.54) is 52.9 Å². The first-order chi connectivity index (χ1) is 17.1. The minimum atomic E-state index is -0.0748. The van der Waals surface area contributed by atoms with E-state index in [4.69, 9.17) is 14.5 Å². The zero-order valence-electron chi connectivity index (χ0n) is 20.2. The number of hydrogen-bond donors (Lipinski definition) is 0. The van der Waals surface area contributed by atoms with Gasteiger partial charge in [0.05, 0.1) is 10.2 Å². The van der Waals surface area contributed by atoms with E-state index in [0.717, 1.165) is 36.4 Å². The van der Waals surface area contributed by atoms with Gasteiger partial charge < -0.3 is 9.47 Å². The summed E-state index contributed by atoms with van der Waals surface area (Å²) in [6.45, 7) is 2.54. The number of nitrogens with zero attached hydrogens (tertiary/aromatic N) is 1. The van der Waals surface area contributed by atoms with Gasteiger partial charge in [0.1, 0.15) is 22.5 Å². The van der Waals surface area contributed by atoms with E-state index < -0.39 is 0 Å². The molecule has 3 heterocycles. The lowest BCUT2D eigenvalue weighted by Crippen LogP contribution is -2.45. The standard InChI is InChI=1S/C30H31NO3S/c1-29-15-13-19-17-11-12-24-21(5-4-8-26(32)33-24)18(17)9-10-20(19)22(29)14-16-30(29)27(34-30)28-31-23-6-2-3-7-25(23)35-28/h2-3,6-7,11-12,19-20,22,27H,4-5,8-10,13-16H2,1H3/t19-,20-,22+,27+,29+,30-/m1/s1. The summed E-state index contributed by atoms with van der Waals surface area (Å²) < 4.78 is 13.7. The Morgan fingerprint density at radius 3 is 2.83 bits per heavy atom. The summed E-state index contributed by atoms with van der Waals surface area (Å²) in [7, 11) is 0. The molecule has 0 unspecified atom stereocenters. The van der Waals surface area contributed by atoms with Crippen LogP contribution in [0.3, 0.4) is 0 Å². The van der Waals surface area contributed by atoms with Gasteiger partial charge in [0.15, 0.2) is 0 Å². The maximum absolute atomic E-state index is 12.0. The first-order valence-electron chi connectivity index (χ1n) is 13.5. The number of para-hydroxylation sites is 1. The van der Waals surface area contributed by atoms with Crippen molar-refractivity contribution in [2.75, 3.05) is 0 Å². The number of carbonyl (C=O) groups excluding carboxylic acids is 1. The minimum absolute atomic E-state index is 0.0151. The topological polar surface area (TPSA) is 51.7 Å². The van der Waals surface area contributed by atoms with Gasteiger partial charge in [0, 0.05) is 11.8 Å². The fourth-order valence-electron chi connectivity index (χ4n) is 8.76. The largest absolute Gasteiger partial charge is 0.426 e. The monoisotopic (exact) mass is 485 g/mol. The fourth-order valence-corrected chi connectivity index (χ4v) is 9.84. The molecule has 0 N–H and O–H groups in total. The highest BCUT2D eigenvalue weighted by Gasteiger charge is 2.74. The first kappa shape index (κ1) is 20.9. The van der Waals surface area contributed by atoms with Crippen molar-refractivity contribution in [1.82, 2.24) is 4.98 Å². The molecule has 1 aromatic heterocycles. The zero-order valence-corrected chi connectivity index (χ0v) is 21.0. The maximum atomic E-state index is 12.0. The lowest BCUT2D eigenvalue weighted by atomic mass is 9.53. The summed E-state index contributed by atoms with van der Waals surface area (Å²) in [6.07, 6.45) is 9.88. The number of carbonyl (C=O) groups is 1. The molecular formula is C30H31NO3S. The van der Waals surface area contributed by atoms with Crippen molar-refractivity contribution in [2.24, 2.45) is 17.3 Å². The van der Waals surface area contributed by atoms with Crippen molar-refractivity contribution >= 4 is 27.5 Å². The third kappa shape index (κ3) is 2.77. The molecule has 180 valence electrons. The quantitative estimate of drug-likeness (QED) is 0.214. The SMILES string of the molecule is C[C@]12CC[C@@H]3c4ccc5c(c4CC[C@H]3[C@@H]1CC[C@]21O[C@H]1c1nc2ccccc2s1)CCCC(=O)O5. The third-order valence-electron chi connectivity index (χ3n) is 10.4. The number of hydrogen-bond acceptors (Lipinski definition) is 5. The molecule has 2 aromatic carbocycles.